The minimum atomic E-state index is 0.421. The van der Waals surface area contributed by atoms with Crippen LogP contribution in [0.15, 0.2) is 45.0 Å². The lowest BCUT2D eigenvalue weighted by Gasteiger charge is -2.02. The number of hydrogen-bond donors (Lipinski definition) is 0. The highest BCUT2D eigenvalue weighted by Gasteiger charge is 2.10. The normalized spacial score (nSPS) is 10.5. The molecule has 0 aliphatic rings. The number of nitrogens with zero attached hydrogens (tertiary/aromatic N) is 4. The molecule has 0 fully saturated rings. The standard InChI is InChI=1S/C13H8N4OS/c1-8-16-17-13(18-8)19-12-6-9(7-14)10-4-2-3-5-11(10)15-12/h2-6H,1H3. The lowest BCUT2D eigenvalue weighted by molar-refractivity contribution is 0.429. The summed E-state index contributed by atoms with van der Waals surface area (Å²) >= 11 is 1.25. The van der Waals surface area contributed by atoms with Gasteiger partial charge in [-0.05, 0) is 23.9 Å². The number of aromatic nitrogens is 3. The van der Waals surface area contributed by atoms with Crippen molar-refractivity contribution in [3.63, 3.8) is 0 Å². The van der Waals surface area contributed by atoms with Crippen LogP contribution in [0, 0.1) is 18.3 Å². The maximum Gasteiger partial charge on any atom is 0.282 e. The van der Waals surface area contributed by atoms with Gasteiger partial charge in [0.05, 0.1) is 17.1 Å². The number of rotatable bonds is 2. The molecule has 0 N–H and O–H groups in total. The van der Waals surface area contributed by atoms with Crippen molar-refractivity contribution in [2.75, 3.05) is 0 Å². The molecule has 0 saturated carbocycles. The van der Waals surface area contributed by atoms with Gasteiger partial charge in [-0.1, -0.05) is 18.2 Å². The molecular weight excluding hydrogens is 260 g/mol. The van der Waals surface area contributed by atoms with E-state index in [4.69, 9.17) is 4.42 Å². The van der Waals surface area contributed by atoms with Crippen LogP contribution >= 0.6 is 11.8 Å². The van der Waals surface area contributed by atoms with E-state index < -0.39 is 0 Å². The Labute approximate surface area is 113 Å². The molecule has 2 heterocycles. The summed E-state index contributed by atoms with van der Waals surface area (Å²) in [5.74, 6) is 0.504. The van der Waals surface area contributed by atoms with Crippen molar-refractivity contribution in [2.24, 2.45) is 0 Å². The number of fused-ring (bicyclic) bond motifs is 1. The van der Waals surface area contributed by atoms with Crippen molar-refractivity contribution in [1.29, 1.82) is 5.26 Å². The Morgan fingerprint density at radius 2 is 2.11 bits per heavy atom. The number of para-hydroxylation sites is 1. The van der Waals surface area contributed by atoms with Gasteiger partial charge >= 0.3 is 0 Å². The summed E-state index contributed by atoms with van der Waals surface area (Å²) in [5.41, 5.74) is 1.37. The van der Waals surface area contributed by atoms with Gasteiger partial charge in [-0.2, -0.15) is 5.26 Å². The summed E-state index contributed by atoms with van der Waals surface area (Å²) in [6, 6.07) is 11.4. The molecule has 1 aromatic carbocycles. The van der Waals surface area contributed by atoms with E-state index in [-0.39, 0.29) is 0 Å². The number of aryl methyl sites for hydroxylation is 1. The molecule has 0 amide bonds. The Balaban J connectivity index is 2.07. The molecule has 0 aliphatic carbocycles. The fraction of sp³-hybridized carbons (Fsp3) is 0.0769. The summed E-state index contributed by atoms with van der Waals surface area (Å²) in [6.07, 6.45) is 0. The van der Waals surface area contributed by atoms with E-state index in [9.17, 15) is 5.26 Å². The summed E-state index contributed by atoms with van der Waals surface area (Å²) in [6.45, 7) is 1.73. The van der Waals surface area contributed by atoms with Gasteiger partial charge in [-0.3, -0.25) is 0 Å². The lowest BCUT2D eigenvalue weighted by Crippen LogP contribution is -1.87. The molecule has 2 aromatic heterocycles. The van der Waals surface area contributed by atoms with Crippen LogP contribution < -0.4 is 0 Å². The molecule has 0 saturated heterocycles. The van der Waals surface area contributed by atoms with Gasteiger partial charge in [0.25, 0.3) is 5.22 Å². The topological polar surface area (TPSA) is 75.6 Å². The Kier molecular flexibility index (Phi) is 2.89. The van der Waals surface area contributed by atoms with E-state index in [2.05, 4.69) is 21.3 Å². The Bertz CT molecular complexity index is 791. The van der Waals surface area contributed by atoms with Crippen LogP contribution in [0.4, 0.5) is 0 Å². The van der Waals surface area contributed by atoms with E-state index in [1.54, 1.807) is 13.0 Å². The SMILES string of the molecule is Cc1nnc(Sc2cc(C#N)c3ccccc3n2)o1. The maximum atomic E-state index is 9.19. The lowest BCUT2D eigenvalue weighted by atomic mass is 10.1. The average molecular weight is 268 g/mol. The number of benzene rings is 1. The van der Waals surface area contributed by atoms with Crippen molar-refractivity contribution in [3.8, 4) is 6.07 Å². The zero-order valence-corrected chi connectivity index (χ0v) is 10.8. The predicted octanol–water partition coefficient (Wildman–Crippen LogP) is 2.95. The monoisotopic (exact) mass is 268 g/mol. The van der Waals surface area contributed by atoms with Crippen LogP contribution in [-0.4, -0.2) is 15.2 Å². The Morgan fingerprint density at radius 3 is 2.84 bits per heavy atom. The van der Waals surface area contributed by atoms with Crippen molar-refractivity contribution < 1.29 is 4.42 Å². The van der Waals surface area contributed by atoms with E-state index in [0.29, 0.717) is 21.7 Å². The zero-order valence-electron chi connectivity index (χ0n) is 9.99. The molecule has 92 valence electrons. The van der Waals surface area contributed by atoms with Gasteiger partial charge in [0, 0.05) is 12.3 Å². The van der Waals surface area contributed by atoms with Crippen LogP contribution in [0.25, 0.3) is 10.9 Å². The van der Waals surface area contributed by atoms with Crippen LogP contribution in [0.3, 0.4) is 0 Å². The molecule has 0 bridgehead atoms. The molecule has 6 heteroatoms. The molecular formula is C13H8N4OS. The van der Waals surface area contributed by atoms with Gasteiger partial charge in [0.1, 0.15) is 5.03 Å². The highest BCUT2D eigenvalue weighted by Crippen LogP contribution is 2.28. The molecule has 0 spiro atoms. The molecule has 0 radical (unpaired) electrons. The first-order chi connectivity index (χ1) is 9.26. The predicted molar refractivity (Wildman–Crippen MR) is 69.6 cm³/mol. The van der Waals surface area contributed by atoms with Gasteiger partial charge < -0.3 is 4.42 Å². The largest absolute Gasteiger partial charge is 0.416 e. The molecule has 19 heavy (non-hydrogen) atoms. The number of pyridine rings is 1. The van der Waals surface area contributed by atoms with Crippen molar-refractivity contribution in [3.05, 3.63) is 41.8 Å². The maximum absolute atomic E-state index is 9.19. The van der Waals surface area contributed by atoms with E-state index in [1.165, 1.54) is 11.8 Å². The average Bonchev–Trinajstić information content (AvgIpc) is 2.83. The third kappa shape index (κ3) is 2.28. The zero-order chi connectivity index (χ0) is 13.2. The number of nitriles is 1. The third-order valence-corrected chi connectivity index (χ3v) is 3.27. The molecule has 3 aromatic rings. The first-order valence-corrected chi connectivity index (χ1v) is 6.36. The summed E-state index contributed by atoms with van der Waals surface area (Å²) in [7, 11) is 0. The third-order valence-electron chi connectivity index (χ3n) is 2.51. The first-order valence-electron chi connectivity index (χ1n) is 5.54. The summed E-state index contributed by atoms with van der Waals surface area (Å²) in [4.78, 5) is 4.47. The molecule has 0 aliphatic heterocycles. The number of hydrogen-bond acceptors (Lipinski definition) is 6. The van der Waals surface area contributed by atoms with Crippen LogP contribution in [0.5, 0.6) is 0 Å². The second kappa shape index (κ2) is 4.71. The van der Waals surface area contributed by atoms with Crippen molar-refractivity contribution in [1.82, 2.24) is 15.2 Å². The first kappa shape index (κ1) is 11.7. The fourth-order valence-electron chi connectivity index (χ4n) is 1.71. The second-order valence-electron chi connectivity index (χ2n) is 3.83. The second-order valence-corrected chi connectivity index (χ2v) is 4.80. The molecule has 5 nitrogen and oxygen atoms in total. The van der Waals surface area contributed by atoms with Crippen LogP contribution in [-0.2, 0) is 0 Å². The van der Waals surface area contributed by atoms with Crippen molar-refractivity contribution >= 4 is 22.7 Å². The van der Waals surface area contributed by atoms with Gasteiger partial charge in [0.2, 0.25) is 5.89 Å². The van der Waals surface area contributed by atoms with Gasteiger partial charge in [-0.15, -0.1) is 10.2 Å². The highest BCUT2D eigenvalue weighted by molar-refractivity contribution is 7.99. The quantitative estimate of drug-likeness (QED) is 0.711. The summed E-state index contributed by atoms with van der Waals surface area (Å²) in [5, 5.41) is 18.8. The summed E-state index contributed by atoms with van der Waals surface area (Å²) < 4.78 is 5.29. The minimum Gasteiger partial charge on any atom is -0.416 e. The smallest absolute Gasteiger partial charge is 0.282 e. The van der Waals surface area contributed by atoms with Gasteiger partial charge in [0.15, 0.2) is 0 Å². The minimum absolute atomic E-state index is 0.421. The van der Waals surface area contributed by atoms with Crippen LogP contribution in [0.1, 0.15) is 11.5 Å². The van der Waals surface area contributed by atoms with E-state index in [1.807, 2.05) is 24.3 Å². The Morgan fingerprint density at radius 1 is 1.26 bits per heavy atom. The molecule has 0 atom stereocenters. The van der Waals surface area contributed by atoms with Gasteiger partial charge in [-0.25, -0.2) is 4.98 Å². The Hall–Kier alpha value is -2.39. The molecule has 0 unspecified atom stereocenters. The van der Waals surface area contributed by atoms with Crippen molar-refractivity contribution in [2.45, 2.75) is 17.2 Å². The fourth-order valence-corrected chi connectivity index (χ4v) is 2.45. The van der Waals surface area contributed by atoms with E-state index in [0.717, 1.165) is 10.9 Å². The highest BCUT2D eigenvalue weighted by atomic mass is 32.2. The molecule has 3 rings (SSSR count). The van der Waals surface area contributed by atoms with E-state index >= 15 is 0 Å². The van der Waals surface area contributed by atoms with Crippen LogP contribution in [0.2, 0.25) is 0 Å².